The van der Waals surface area contributed by atoms with E-state index in [1.165, 1.54) is 18.2 Å². The number of benzene rings is 1. The van der Waals surface area contributed by atoms with Crippen LogP contribution in [0.5, 0.6) is 5.75 Å². The van der Waals surface area contributed by atoms with Crippen molar-refractivity contribution in [1.82, 2.24) is 0 Å². The lowest BCUT2D eigenvalue weighted by Gasteiger charge is -2.01. The SMILES string of the molecule is O=[N+]([O-])c1ccc(O)c(CCS)c1. The van der Waals surface area contributed by atoms with Gasteiger partial charge >= 0.3 is 0 Å². The molecule has 0 amide bonds. The van der Waals surface area contributed by atoms with Crippen LogP contribution in [-0.4, -0.2) is 15.8 Å². The summed E-state index contributed by atoms with van der Waals surface area (Å²) in [6.45, 7) is 0. The Balaban J connectivity index is 3.03. The molecule has 0 aliphatic carbocycles. The number of thiol groups is 1. The molecule has 0 heterocycles. The molecule has 4 nitrogen and oxygen atoms in total. The van der Waals surface area contributed by atoms with E-state index in [1.54, 1.807) is 0 Å². The van der Waals surface area contributed by atoms with Crippen LogP contribution in [0.25, 0.3) is 0 Å². The third-order valence-corrected chi connectivity index (χ3v) is 1.88. The Morgan fingerprint density at radius 2 is 2.23 bits per heavy atom. The number of phenols is 1. The summed E-state index contributed by atoms with van der Waals surface area (Å²) in [4.78, 5) is 9.89. The van der Waals surface area contributed by atoms with Crippen LogP contribution < -0.4 is 0 Å². The Kier molecular flexibility index (Phi) is 3.13. The van der Waals surface area contributed by atoms with Crippen LogP contribution in [0, 0.1) is 10.1 Å². The minimum atomic E-state index is -0.485. The molecule has 0 saturated carbocycles. The third kappa shape index (κ3) is 2.35. The van der Waals surface area contributed by atoms with Gasteiger partial charge in [0.25, 0.3) is 5.69 Å². The first-order valence-electron chi connectivity index (χ1n) is 3.72. The third-order valence-electron chi connectivity index (χ3n) is 1.66. The van der Waals surface area contributed by atoms with Crippen molar-refractivity contribution in [1.29, 1.82) is 0 Å². The van der Waals surface area contributed by atoms with Crippen LogP contribution in [0.3, 0.4) is 0 Å². The van der Waals surface area contributed by atoms with Crippen LogP contribution in [0.15, 0.2) is 18.2 Å². The highest BCUT2D eigenvalue weighted by Crippen LogP contribution is 2.23. The number of hydrogen-bond acceptors (Lipinski definition) is 4. The number of non-ortho nitro benzene ring substituents is 1. The Labute approximate surface area is 80.8 Å². The van der Waals surface area contributed by atoms with E-state index in [4.69, 9.17) is 0 Å². The summed E-state index contributed by atoms with van der Waals surface area (Å²) in [7, 11) is 0. The van der Waals surface area contributed by atoms with Gasteiger partial charge in [-0.05, 0) is 18.2 Å². The van der Waals surface area contributed by atoms with Gasteiger partial charge in [-0.1, -0.05) is 0 Å². The van der Waals surface area contributed by atoms with Gasteiger partial charge in [-0.2, -0.15) is 12.6 Å². The molecule has 0 aromatic heterocycles. The highest BCUT2D eigenvalue weighted by molar-refractivity contribution is 7.80. The van der Waals surface area contributed by atoms with E-state index in [2.05, 4.69) is 12.6 Å². The molecule has 0 unspecified atom stereocenters. The van der Waals surface area contributed by atoms with Crippen LogP contribution in [0.2, 0.25) is 0 Å². The van der Waals surface area contributed by atoms with Crippen molar-refractivity contribution >= 4 is 18.3 Å². The predicted octanol–water partition coefficient (Wildman–Crippen LogP) is 1.77. The van der Waals surface area contributed by atoms with E-state index in [0.717, 1.165) is 0 Å². The van der Waals surface area contributed by atoms with E-state index < -0.39 is 4.92 Å². The number of rotatable bonds is 3. The Hall–Kier alpha value is -1.23. The number of nitro groups is 1. The van der Waals surface area contributed by atoms with Crippen LogP contribution in [0.1, 0.15) is 5.56 Å². The molecule has 5 heteroatoms. The first-order chi connectivity index (χ1) is 6.15. The van der Waals surface area contributed by atoms with Gasteiger partial charge in [0.1, 0.15) is 5.75 Å². The fraction of sp³-hybridized carbons (Fsp3) is 0.250. The van der Waals surface area contributed by atoms with Gasteiger partial charge in [-0.25, -0.2) is 0 Å². The molecular formula is C8H9NO3S. The summed E-state index contributed by atoms with van der Waals surface area (Å²) in [6.07, 6.45) is 0.524. The molecular weight excluding hydrogens is 190 g/mol. The maximum Gasteiger partial charge on any atom is 0.269 e. The van der Waals surface area contributed by atoms with E-state index in [0.29, 0.717) is 17.7 Å². The summed E-state index contributed by atoms with van der Waals surface area (Å²) >= 11 is 3.98. The topological polar surface area (TPSA) is 63.4 Å². The molecule has 70 valence electrons. The van der Waals surface area contributed by atoms with E-state index in [9.17, 15) is 15.2 Å². The standard InChI is InChI=1S/C8H9NO3S/c10-8-2-1-7(9(11)12)5-6(8)3-4-13/h1-2,5,10,13H,3-4H2. The molecule has 13 heavy (non-hydrogen) atoms. The summed E-state index contributed by atoms with van der Waals surface area (Å²) in [5.74, 6) is 0.633. The Morgan fingerprint density at radius 3 is 2.77 bits per heavy atom. The summed E-state index contributed by atoms with van der Waals surface area (Å²) in [5.41, 5.74) is 0.554. The number of nitrogens with zero attached hydrogens (tertiary/aromatic N) is 1. The molecule has 1 rings (SSSR count). The van der Waals surface area contributed by atoms with Gasteiger partial charge in [-0.15, -0.1) is 0 Å². The average Bonchev–Trinajstić information content (AvgIpc) is 2.08. The molecule has 0 aliphatic heterocycles. The van der Waals surface area contributed by atoms with Gasteiger partial charge < -0.3 is 5.11 Å². The van der Waals surface area contributed by atoms with E-state index in [-0.39, 0.29) is 11.4 Å². The molecule has 0 bridgehead atoms. The second kappa shape index (κ2) is 4.13. The molecule has 1 aromatic rings. The summed E-state index contributed by atoms with van der Waals surface area (Å²) < 4.78 is 0. The van der Waals surface area contributed by atoms with Gasteiger partial charge in [-0.3, -0.25) is 10.1 Å². The molecule has 1 aromatic carbocycles. The highest BCUT2D eigenvalue weighted by Gasteiger charge is 2.08. The Bertz CT molecular complexity index is 327. The maximum absolute atomic E-state index is 10.4. The van der Waals surface area contributed by atoms with Crippen molar-refractivity contribution in [3.05, 3.63) is 33.9 Å². The predicted molar refractivity (Wildman–Crippen MR) is 52.3 cm³/mol. The number of nitro benzene ring substituents is 1. The first kappa shape index (κ1) is 9.85. The zero-order chi connectivity index (χ0) is 9.84. The van der Waals surface area contributed by atoms with Crippen molar-refractivity contribution in [2.24, 2.45) is 0 Å². The van der Waals surface area contributed by atoms with Crippen molar-refractivity contribution in [3.8, 4) is 5.75 Å². The Morgan fingerprint density at radius 1 is 1.54 bits per heavy atom. The normalized spacial score (nSPS) is 9.92. The fourth-order valence-electron chi connectivity index (χ4n) is 1.01. The summed E-state index contributed by atoms with van der Waals surface area (Å²) in [6, 6.07) is 3.97. The van der Waals surface area contributed by atoms with Crippen molar-refractivity contribution in [2.45, 2.75) is 6.42 Å². The second-order valence-corrected chi connectivity index (χ2v) is 2.99. The zero-order valence-electron chi connectivity index (χ0n) is 6.80. The molecule has 0 radical (unpaired) electrons. The monoisotopic (exact) mass is 199 g/mol. The molecule has 0 atom stereocenters. The quantitative estimate of drug-likeness (QED) is 0.443. The maximum atomic E-state index is 10.4. The average molecular weight is 199 g/mol. The molecule has 0 saturated heterocycles. The molecule has 0 aliphatic rings. The smallest absolute Gasteiger partial charge is 0.269 e. The lowest BCUT2D eigenvalue weighted by molar-refractivity contribution is -0.384. The van der Waals surface area contributed by atoms with Gasteiger partial charge in [0.2, 0.25) is 0 Å². The zero-order valence-corrected chi connectivity index (χ0v) is 7.70. The van der Waals surface area contributed by atoms with Crippen molar-refractivity contribution in [3.63, 3.8) is 0 Å². The largest absolute Gasteiger partial charge is 0.508 e. The van der Waals surface area contributed by atoms with Crippen LogP contribution in [0.4, 0.5) is 5.69 Å². The number of hydrogen-bond donors (Lipinski definition) is 2. The van der Waals surface area contributed by atoms with Crippen LogP contribution in [-0.2, 0) is 6.42 Å². The number of aryl methyl sites for hydroxylation is 1. The van der Waals surface area contributed by atoms with E-state index in [1.807, 2.05) is 0 Å². The first-order valence-corrected chi connectivity index (χ1v) is 4.35. The highest BCUT2D eigenvalue weighted by atomic mass is 32.1. The summed E-state index contributed by atoms with van der Waals surface area (Å²) in [5, 5.41) is 19.7. The minimum Gasteiger partial charge on any atom is -0.508 e. The van der Waals surface area contributed by atoms with Crippen molar-refractivity contribution in [2.75, 3.05) is 5.75 Å². The minimum absolute atomic E-state index is 0.00502. The van der Waals surface area contributed by atoms with Gasteiger partial charge in [0.15, 0.2) is 0 Å². The molecule has 0 fully saturated rings. The van der Waals surface area contributed by atoms with Gasteiger partial charge in [0.05, 0.1) is 4.92 Å². The fourth-order valence-corrected chi connectivity index (χ4v) is 1.25. The molecule has 1 N–H and O–H groups in total. The number of phenolic OH excluding ortho intramolecular Hbond substituents is 1. The lowest BCUT2D eigenvalue weighted by Crippen LogP contribution is -1.92. The van der Waals surface area contributed by atoms with Crippen molar-refractivity contribution < 1.29 is 10.0 Å². The van der Waals surface area contributed by atoms with Gasteiger partial charge in [0, 0.05) is 17.7 Å². The number of aromatic hydroxyl groups is 1. The van der Waals surface area contributed by atoms with Crippen LogP contribution >= 0.6 is 12.6 Å². The van der Waals surface area contributed by atoms with E-state index >= 15 is 0 Å². The molecule has 0 spiro atoms. The second-order valence-electron chi connectivity index (χ2n) is 2.54. The lowest BCUT2D eigenvalue weighted by atomic mass is 10.1.